The van der Waals surface area contributed by atoms with Crippen LogP contribution in [0.25, 0.3) is 11.0 Å². The summed E-state index contributed by atoms with van der Waals surface area (Å²) in [6.45, 7) is 14.1. The SMILES string of the molecule is COc1nc(CCc2ccc(C(F)(F)F)cc2)ccc1Cc1cn([Si](C(C)C)(C(C)C)C(C)C)c2ncccc12. The molecule has 0 aliphatic rings. The Morgan fingerprint density at radius 3 is 2.08 bits per heavy atom. The topological polar surface area (TPSA) is 39.9 Å². The molecule has 0 saturated heterocycles. The van der Waals surface area contributed by atoms with Gasteiger partial charge in [0.15, 0.2) is 8.24 Å². The van der Waals surface area contributed by atoms with Crippen molar-refractivity contribution in [3.63, 3.8) is 0 Å². The Balaban J connectivity index is 1.63. The Labute approximate surface area is 236 Å². The highest BCUT2D eigenvalue weighted by Gasteiger charge is 2.46. The molecule has 4 rings (SSSR count). The predicted octanol–water partition coefficient (Wildman–Crippen LogP) is 8.86. The number of benzene rings is 1. The first kappa shape index (κ1) is 29.8. The molecule has 0 amide bonds. The van der Waals surface area contributed by atoms with Gasteiger partial charge in [0.25, 0.3) is 0 Å². The van der Waals surface area contributed by atoms with E-state index in [2.05, 4.69) is 64.1 Å². The molecule has 0 spiro atoms. The second kappa shape index (κ2) is 11.8. The van der Waals surface area contributed by atoms with Gasteiger partial charge in [0.1, 0.15) is 5.65 Å². The first-order valence-electron chi connectivity index (χ1n) is 14.0. The van der Waals surface area contributed by atoms with Crippen LogP contribution in [-0.4, -0.2) is 29.5 Å². The molecule has 3 heterocycles. The van der Waals surface area contributed by atoms with Crippen LogP contribution >= 0.6 is 0 Å². The zero-order valence-corrected chi connectivity index (χ0v) is 25.5. The van der Waals surface area contributed by atoms with Crippen molar-refractivity contribution < 1.29 is 17.9 Å². The quantitative estimate of drug-likeness (QED) is 0.180. The van der Waals surface area contributed by atoms with Crippen molar-refractivity contribution in [2.45, 2.75) is 83.6 Å². The van der Waals surface area contributed by atoms with E-state index in [9.17, 15) is 13.2 Å². The third-order valence-corrected chi connectivity index (χ3v) is 15.1. The van der Waals surface area contributed by atoms with E-state index in [0.717, 1.165) is 40.0 Å². The molecule has 40 heavy (non-hydrogen) atoms. The number of fused-ring (bicyclic) bond motifs is 1. The molecule has 0 bridgehead atoms. The lowest BCUT2D eigenvalue weighted by atomic mass is 10.0. The molecule has 214 valence electrons. The number of rotatable bonds is 10. The van der Waals surface area contributed by atoms with Crippen molar-refractivity contribution in [3.8, 4) is 5.88 Å². The zero-order chi connectivity index (χ0) is 29.2. The number of halogens is 3. The number of hydrogen-bond donors (Lipinski definition) is 0. The number of aromatic nitrogens is 3. The molecular formula is C32H40F3N3OSi. The minimum absolute atomic E-state index is 0.540. The lowest BCUT2D eigenvalue weighted by molar-refractivity contribution is -0.137. The maximum Gasteiger partial charge on any atom is 0.416 e. The highest BCUT2D eigenvalue weighted by Crippen LogP contribution is 2.44. The molecule has 4 nitrogen and oxygen atoms in total. The van der Waals surface area contributed by atoms with Crippen LogP contribution in [0.4, 0.5) is 13.2 Å². The fourth-order valence-corrected chi connectivity index (χ4v) is 13.3. The van der Waals surface area contributed by atoms with Crippen LogP contribution < -0.4 is 4.74 Å². The molecule has 4 aromatic rings. The first-order chi connectivity index (χ1) is 18.9. The van der Waals surface area contributed by atoms with Crippen LogP contribution in [0.15, 0.2) is 60.9 Å². The van der Waals surface area contributed by atoms with E-state index in [1.54, 1.807) is 7.11 Å². The van der Waals surface area contributed by atoms with Crippen LogP contribution in [0.2, 0.25) is 16.6 Å². The normalized spacial score (nSPS) is 12.7. The summed E-state index contributed by atoms with van der Waals surface area (Å²) in [6.07, 6.45) is 1.77. The minimum Gasteiger partial charge on any atom is -0.481 e. The molecule has 0 N–H and O–H groups in total. The number of alkyl halides is 3. The third-order valence-electron chi connectivity index (χ3n) is 8.36. The van der Waals surface area contributed by atoms with Gasteiger partial charge in [-0.15, -0.1) is 0 Å². The Kier molecular flexibility index (Phi) is 8.78. The van der Waals surface area contributed by atoms with Gasteiger partial charge in [0.2, 0.25) is 5.88 Å². The minimum atomic E-state index is -4.33. The van der Waals surface area contributed by atoms with Gasteiger partial charge in [-0.2, -0.15) is 13.2 Å². The highest BCUT2D eigenvalue weighted by molar-refractivity contribution is 6.82. The van der Waals surface area contributed by atoms with Crippen LogP contribution in [0.1, 0.15) is 69.5 Å². The highest BCUT2D eigenvalue weighted by atomic mass is 28.3. The molecule has 1 aromatic carbocycles. The van der Waals surface area contributed by atoms with E-state index < -0.39 is 20.0 Å². The molecule has 0 unspecified atom stereocenters. The van der Waals surface area contributed by atoms with Crippen molar-refractivity contribution in [1.29, 1.82) is 0 Å². The fraction of sp³-hybridized carbons (Fsp3) is 0.438. The Bertz CT molecular complexity index is 1420. The second-order valence-electron chi connectivity index (χ2n) is 11.6. The van der Waals surface area contributed by atoms with Gasteiger partial charge in [-0.1, -0.05) is 59.7 Å². The average molecular weight is 568 g/mol. The first-order valence-corrected chi connectivity index (χ1v) is 16.2. The van der Waals surface area contributed by atoms with Crippen molar-refractivity contribution in [2.24, 2.45) is 0 Å². The van der Waals surface area contributed by atoms with Crippen molar-refractivity contribution in [3.05, 3.63) is 88.9 Å². The van der Waals surface area contributed by atoms with E-state index in [-0.39, 0.29) is 0 Å². The van der Waals surface area contributed by atoms with E-state index in [1.165, 1.54) is 17.7 Å². The Morgan fingerprint density at radius 1 is 0.850 bits per heavy atom. The summed E-state index contributed by atoms with van der Waals surface area (Å²) >= 11 is 0. The molecule has 0 aliphatic heterocycles. The largest absolute Gasteiger partial charge is 0.481 e. The summed E-state index contributed by atoms with van der Waals surface area (Å²) in [5, 5.41) is 1.16. The van der Waals surface area contributed by atoms with E-state index in [1.807, 2.05) is 18.3 Å². The molecular weight excluding hydrogens is 527 g/mol. The Morgan fingerprint density at radius 2 is 1.50 bits per heavy atom. The molecule has 3 aromatic heterocycles. The summed E-state index contributed by atoms with van der Waals surface area (Å²) in [5.41, 5.74) is 5.93. The lowest BCUT2D eigenvalue weighted by Crippen LogP contribution is -2.51. The standard InChI is InChI=1S/C32H40F3N3OSi/c1-21(2)40(22(3)4,23(5)6)38-20-26(29-9-8-18-36-30(29)38)19-25-13-17-28(37-31(25)39-7)16-12-24-10-14-27(15-11-24)32(33,34)35/h8-11,13-15,17-18,20-23H,12,16,19H2,1-7H3. The van der Waals surface area contributed by atoms with Crippen LogP contribution in [0, 0.1) is 0 Å². The van der Waals surface area contributed by atoms with Gasteiger partial charge in [-0.3, -0.25) is 0 Å². The van der Waals surface area contributed by atoms with Gasteiger partial charge >= 0.3 is 6.18 Å². The van der Waals surface area contributed by atoms with E-state index in [0.29, 0.717) is 41.8 Å². The number of methoxy groups -OCH3 is 1. The molecule has 0 fully saturated rings. The third kappa shape index (κ3) is 5.69. The van der Waals surface area contributed by atoms with Gasteiger partial charge in [0, 0.05) is 35.5 Å². The summed E-state index contributed by atoms with van der Waals surface area (Å²) in [6, 6.07) is 13.5. The lowest BCUT2D eigenvalue weighted by Gasteiger charge is -2.44. The van der Waals surface area contributed by atoms with Crippen molar-refractivity contribution in [1.82, 2.24) is 14.2 Å². The van der Waals surface area contributed by atoms with Crippen LogP contribution in [0.3, 0.4) is 0 Å². The second-order valence-corrected chi connectivity index (χ2v) is 17.3. The van der Waals surface area contributed by atoms with E-state index in [4.69, 9.17) is 14.7 Å². The summed E-state index contributed by atoms with van der Waals surface area (Å²) in [7, 11) is -0.378. The summed E-state index contributed by atoms with van der Waals surface area (Å²) < 4.78 is 46.9. The maximum atomic E-state index is 12.9. The number of ether oxygens (including phenoxy) is 1. The molecule has 0 radical (unpaired) electrons. The van der Waals surface area contributed by atoms with Crippen molar-refractivity contribution in [2.75, 3.05) is 7.11 Å². The van der Waals surface area contributed by atoms with Crippen LogP contribution in [0.5, 0.6) is 5.88 Å². The summed E-state index contributed by atoms with van der Waals surface area (Å²) in [5.74, 6) is 0.579. The smallest absolute Gasteiger partial charge is 0.416 e. The number of hydrogen-bond acceptors (Lipinski definition) is 3. The van der Waals surface area contributed by atoms with E-state index >= 15 is 0 Å². The number of pyridine rings is 2. The van der Waals surface area contributed by atoms with Gasteiger partial charge in [-0.25, -0.2) is 9.97 Å². The molecule has 0 aliphatic carbocycles. The molecule has 8 heteroatoms. The number of aryl methyl sites for hydroxylation is 2. The zero-order valence-electron chi connectivity index (χ0n) is 24.5. The summed E-state index contributed by atoms with van der Waals surface area (Å²) in [4.78, 5) is 9.64. The van der Waals surface area contributed by atoms with Crippen LogP contribution in [-0.2, 0) is 25.4 Å². The fourth-order valence-electron chi connectivity index (χ4n) is 6.69. The predicted molar refractivity (Wildman–Crippen MR) is 159 cm³/mol. The molecule has 0 saturated carbocycles. The monoisotopic (exact) mass is 567 g/mol. The van der Waals surface area contributed by atoms with Gasteiger partial charge in [0.05, 0.1) is 12.7 Å². The average Bonchev–Trinajstić information content (AvgIpc) is 3.26. The maximum absolute atomic E-state index is 12.9. The van der Waals surface area contributed by atoms with Crippen molar-refractivity contribution >= 4 is 19.3 Å². The van der Waals surface area contributed by atoms with Gasteiger partial charge in [-0.05, 0) is 70.9 Å². The Hall–Kier alpha value is -3.13. The van der Waals surface area contributed by atoms with Gasteiger partial charge < -0.3 is 8.97 Å². The number of nitrogens with zero attached hydrogens (tertiary/aromatic N) is 3. The molecule has 0 atom stereocenters.